The van der Waals surface area contributed by atoms with Gasteiger partial charge in [0.1, 0.15) is 0 Å². The number of anilines is 1. The molecule has 1 fully saturated rings. The molecule has 2 heterocycles. The summed E-state index contributed by atoms with van der Waals surface area (Å²) in [7, 11) is 3.88. The molecule has 1 aromatic heterocycles. The molecule has 1 aromatic carbocycles. The predicted octanol–water partition coefficient (Wildman–Crippen LogP) is 4.23. The summed E-state index contributed by atoms with van der Waals surface area (Å²) < 4.78 is 0. The van der Waals surface area contributed by atoms with E-state index in [1.165, 1.54) is 0 Å². The molecule has 1 unspecified atom stereocenters. The lowest BCUT2D eigenvalue weighted by atomic mass is 9.89. The van der Waals surface area contributed by atoms with Gasteiger partial charge in [-0.15, -0.1) is 0 Å². The van der Waals surface area contributed by atoms with Gasteiger partial charge in [0.15, 0.2) is 0 Å². The van der Waals surface area contributed by atoms with Crippen molar-refractivity contribution in [2.24, 2.45) is 5.92 Å². The smallest absolute Gasteiger partial charge is 0.225 e. The fourth-order valence-electron chi connectivity index (χ4n) is 3.56. The Hall–Kier alpha value is -2.14. The molecule has 0 N–H and O–H groups in total. The molecule has 0 aliphatic carbocycles. The Labute approximate surface area is 166 Å². The number of rotatable bonds is 4. The Morgan fingerprint density at radius 2 is 2.11 bits per heavy atom. The predicted molar refractivity (Wildman–Crippen MR) is 110 cm³/mol. The molecular weight excluding hydrogens is 360 g/mol. The van der Waals surface area contributed by atoms with Crippen LogP contribution in [0.3, 0.4) is 0 Å². The number of likely N-dealkylation sites (tertiary alicyclic amines) is 1. The molecule has 0 bridgehead atoms. The number of carbonyl (C=O) groups is 1. The van der Waals surface area contributed by atoms with Crippen molar-refractivity contribution in [1.82, 2.24) is 14.9 Å². The first kappa shape index (κ1) is 19.6. The third-order valence-corrected chi connectivity index (χ3v) is 5.19. The summed E-state index contributed by atoms with van der Waals surface area (Å²) in [6.45, 7) is 5.44. The molecule has 5 nitrogen and oxygen atoms in total. The van der Waals surface area contributed by atoms with Crippen molar-refractivity contribution >= 4 is 23.5 Å². The standard InChI is InChI=1S/C21H27ClN4O/c1-14(2)20(27)26-10-6-8-16(13-26)19-18(12-23-21(24-19)25(3)4)15-7-5-9-17(22)11-15/h5,7,9,11-12,14,16H,6,8,10,13H2,1-4H3. The quantitative estimate of drug-likeness (QED) is 0.789. The van der Waals surface area contributed by atoms with Crippen LogP contribution in [0.5, 0.6) is 0 Å². The van der Waals surface area contributed by atoms with Gasteiger partial charge in [-0.05, 0) is 30.5 Å². The minimum absolute atomic E-state index is 0.0129. The first-order valence-corrected chi connectivity index (χ1v) is 9.83. The molecule has 2 aromatic rings. The number of aromatic nitrogens is 2. The van der Waals surface area contributed by atoms with Crippen molar-refractivity contribution < 1.29 is 4.79 Å². The van der Waals surface area contributed by atoms with Crippen LogP contribution in [0.4, 0.5) is 5.95 Å². The van der Waals surface area contributed by atoms with Crippen LogP contribution < -0.4 is 4.90 Å². The van der Waals surface area contributed by atoms with E-state index in [1.54, 1.807) is 0 Å². The number of carbonyl (C=O) groups excluding carboxylic acids is 1. The van der Waals surface area contributed by atoms with Crippen LogP contribution in [0, 0.1) is 5.92 Å². The lowest BCUT2D eigenvalue weighted by molar-refractivity contribution is -0.135. The largest absolute Gasteiger partial charge is 0.347 e. The van der Waals surface area contributed by atoms with E-state index in [0.29, 0.717) is 17.5 Å². The summed E-state index contributed by atoms with van der Waals surface area (Å²) in [4.78, 5) is 25.8. The highest BCUT2D eigenvalue weighted by atomic mass is 35.5. The summed E-state index contributed by atoms with van der Waals surface area (Å²) >= 11 is 6.21. The Kier molecular flexibility index (Phi) is 6.00. The molecule has 1 aliphatic rings. The third kappa shape index (κ3) is 4.41. The second-order valence-electron chi connectivity index (χ2n) is 7.65. The number of piperidine rings is 1. The van der Waals surface area contributed by atoms with Gasteiger partial charge in [-0.3, -0.25) is 4.79 Å². The van der Waals surface area contributed by atoms with Crippen LogP contribution in [-0.4, -0.2) is 48.0 Å². The number of nitrogens with zero attached hydrogens (tertiary/aromatic N) is 4. The third-order valence-electron chi connectivity index (χ3n) is 4.95. The first-order chi connectivity index (χ1) is 12.9. The van der Waals surface area contributed by atoms with Crippen molar-refractivity contribution in [3.8, 4) is 11.1 Å². The summed E-state index contributed by atoms with van der Waals surface area (Å²) in [6.07, 6.45) is 3.88. The number of hydrogen-bond donors (Lipinski definition) is 0. The topological polar surface area (TPSA) is 49.3 Å². The van der Waals surface area contributed by atoms with Crippen molar-refractivity contribution in [3.05, 3.63) is 41.2 Å². The van der Waals surface area contributed by atoms with Crippen molar-refractivity contribution in [3.63, 3.8) is 0 Å². The molecule has 1 amide bonds. The normalized spacial score (nSPS) is 17.3. The van der Waals surface area contributed by atoms with Crippen LogP contribution >= 0.6 is 11.6 Å². The summed E-state index contributed by atoms with van der Waals surface area (Å²) in [5.74, 6) is 1.10. The molecule has 0 radical (unpaired) electrons. The fraction of sp³-hybridized carbons (Fsp3) is 0.476. The van der Waals surface area contributed by atoms with E-state index in [9.17, 15) is 4.79 Å². The Balaban J connectivity index is 2.01. The molecule has 144 valence electrons. The summed E-state index contributed by atoms with van der Waals surface area (Å²) in [6, 6.07) is 7.78. The molecule has 0 spiro atoms. The highest BCUT2D eigenvalue weighted by Crippen LogP contribution is 2.35. The highest BCUT2D eigenvalue weighted by Gasteiger charge is 2.29. The van der Waals surface area contributed by atoms with E-state index >= 15 is 0 Å². The number of amides is 1. The van der Waals surface area contributed by atoms with Gasteiger partial charge in [0.2, 0.25) is 11.9 Å². The van der Waals surface area contributed by atoms with Gasteiger partial charge < -0.3 is 9.80 Å². The molecule has 1 aliphatic heterocycles. The van der Waals surface area contributed by atoms with Crippen LogP contribution in [-0.2, 0) is 4.79 Å². The zero-order valence-corrected chi connectivity index (χ0v) is 17.2. The lowest BCUT2D eigenvalue weighted by Crippen LogP contribution is -2.41. The SMILES string of the molecule is CC(C)C(=O)N1CCCC(c2nc(N(C)C)ncc2-c2cccc(Cl)c2)C1. The monoisotopic (exact) mass is 386 g/mol. The van der Waals surface area contributed by atoms with Gasteiger partial charge in [-0.25, -0.2) is 9.97 Å². The van der Waals surface area contributed by atoms with Crippen LogP contribution in [0.15, 0.2) is 30.5 Å². The van der Waals surface area contributed by atoms with E-state index in [1.807, 2.05) is 68.2 Å². The van der Waals surface area contributed by atoms with Crippen molar-refractivity contribution in [2.75, 3.05) is 32.1 Å². The molecule has 0 saturated carbocycles. The second-order valence-corrected chi connectivity index (χ2v) is 8.09. The molecule has 3 rings (SSSR count). The number of hydrogen-bond acceptors (Lipinski definition) is 4. The average molecular weight is 387 g/mol. The number of halogens is 1. The van der Waals surface area contributed by atoms with E-state index in [4.69, 9.17) is 16.6 Å². The Morgan fingerprint density at radius 3 is 2.78 bits per heavy atom. The van der Waals surface area contributed by atoms with E-state index < -0.39 is 0 Å². The van der Waals surface area contributed by atoms with Gasteiger partial charge in [-0.2, -0.15) is 0 Å². The summed E-state index contributed by atoms with van der Waals surface area (Å²) in [5.41, 5.74) is 3.00. The Bertz CT molecular complexity index is 822. The van der Waals surface area contributed by atoms with Gasteiger partial charge in [0.25, 0.3) is 0 Å². The Morgan fingerprint density at radius 1 is 1.33 bits per heavy atom. The van der Waals surface area contributed by atoms with Gasteiger partial charge in [0.05, 0.1) is 5.69 Å². The first-order valence-electron chi connectivity index (χ1n) is 9.45. The van der Waals surface area contributed by atoms with E-state index in [2.05, 4.69) is 4.98 Å². The minimum atomic E-state index is 0.0129. The zero-order valence-electron chi connectivity index (χ0n) is 16.4. The van der Waals surface area contributed by atoms with E-state index in [0.717, 1.165) is 36.2 Å². The molecule has 27 heavy (non-hydrogen) atoms. The fourth-order valence-corrected chi connectivity index (χ4v) is 3.75. The van der Waals surface area contributed by atoms with Gasteiger partial charge >= 0.3 is 0 Å². The number of benzene rings is 1. The second kappa shape index (κ2) is 8.26. The molecule has 1 saturated heterocycles. The van der Waals surface area contributed by atoms with Crippen LogP contribution in [0.25, 0.3) is 11.1 Å². The summed E-state index contributed by atoms with van der Waals surface area (Å²) in [5, 5.41) is 0.690. The average Bonchev–Trinajstić information content (AvgIpc) is 2.67. The van der Waals surface area contributed by atoms with Crippen LogP contribution in [0.2, 0.25) is 5.02 Å². The molecular formula is C21H27ClN4O. The zero-order chi connectivity index (χ0) is 19.6. The lowest BCUT2D eigenvalue weighted by Gasteiger charge is -2.34. The maximum atomic E-state index is 12.5. The minimum Gasteiger partial charge on any atom is -0.347 e. The maximum absolute atomic E-state index is 12.5. The van der Waals surface area contributed by atoms with Crippen molar-refractivity contribution in [2.45, 2.75) is 32.6 Å². The highest BCUT2D eigenvalue weighted by molar-refractivity contribution is 6.30. The van der Waals surface area contributed by atoms with Crippen LogP contribution in [0.1, 0.15) is 38.3 Å². The van der Waals surface area contributed by atoms with E-state index in [-0.39, 0.29) is 17.7 Å². The van der Waals surface area contributed by atoms with Gasteiger partial charge in [0, 0.05) is 55.8 Å². The molecule has 6 heteroatoms. The van der Waals surface area contributed by atoms with Gasteiger partial charge in [-0.1, -0.05) is 37.6 Å². The maximum Gasteiger partial charge on any atom is 0.225 e. The van der Waals surface area contributed by atoms with Crippen molar-refractivity contribution in [1.29, 1.82) is 0 Å². The molecule has 1 atom stereocenters.